The monoisotopic (exact) mass is 231 g/mol. The molecule has 3 heteroatoms. The molecule has 0 amide bonds. The normalized spacial score (nSPS) is 40.7. The maximum absolute atomic E-state index is 4.35. The number of imidazole rings is 1. The largest absolute Gasteiger partial charge is 0.348 e. The van der Waals surface area contributed by atoms with Gasteiger partial charge >= 0.3 is 0 Å². The van der Waals surface area contributed by atoms with Gasteiger partial charge in [-0.25, -0.2) is 4.98 Å². The molecule has 1 saturated heterocycles. The molecule has 3 aliphatic carbocycles. The van der Waals surface area contributed by atoms with Crippen LogP contribution >= 0.6 is 0 Å². The number of hydrogen-bond donors (Lipinski definition) is 1. The van der Waals surface area contributed by atoms with Crippen molar-refractivity contribution in [3.05, 3.63) is 18.2 Å². The van der Waals surface area contributed by atoms with Gasteiger partial charge in [-0.05, 0) is 49.4 Å². The fourth-order valence-electron chi connectivity index (χ4n) is 4.67. The van der Waals surface area contributed by atoms with Gasteiger partial charge in [-0.15, -0.1) is 0 Å². The van der Waals surface area contributed by atoms with E-state index in [0.29, 0.717) is 0 Å². The molecule has 1 aromatic rings. The molecule has 1 aliphatic heterocycles. The van der Waals surface area contributed by atoms with Crippen molar-refractivity contribution in [3.8, 4) is 0 Å². The maximum atomic E-state index is 4.35. The predicted molar refractivity (Wildman–Crippen MR) is 66.3 cm³/mol. The van der Waals surface area contributed by atoms with Crippen molar-refractivity contribution in [3.63, 3.8) is 0 Å². The van der Waals surface area contributed by atoms with Crippen LogP contribution < -0.4 is 0 Å². The van der Waals surface area contributed by atoms with Crippen LogP contribution in [0.4, 0.5) is 0 Å². The Labute approximate surface area is 103 Å². The van der Waals surface area contributed by atoms with Gasteiger partial charge in [-0.3, -0.25) is 4.90 Å². The summed E-state index contributed by atoms with van der Waals surface area (Å²) in [6.45, 7) is 3.68. The zero-order valence-corrected chi connectivity index (χ0v) is 10.3. The summed E-state index contributed by atoms with van der Waals surface area (Å²) in [7, 11) is 0. The molecule has 5 rings (SSSR count). The Morgan fingerprint density at radius 1 is 1.12 bits per heavy atom. The van der Waals surface area contributed by atoms with Crippen molar-refractivity contribution in [2.45, 2.75) is 32.2 Å². The molecule has 4 fully saturated rings. The van der Waals surface area contributed by atoms with Crippen LogP contribution in [0.5, 0.6) is 0 Å². The summed E-state index contributed by atoms with van der Waals surface area (Å²) in [6, 6.07) is 0. The zero-order chi connectivity index (χ0) is 11.2. The summed E-state index contributed by atoms with van der Waals surface area (Å²) < 4.78 is 0. The van der Waals surface area contributed by atoms with Crippen molar-refractivity contribution >= 4 is 0 Å². The van der Waals surface area contributed by atoms with Crippen LogP contribution in [0.1, 0.15) is 31.5 Å². The van der Waals surface area contributed by atoms with Crippen LogP contribution in [0.2, 0.25) is 0 Å². The molecular formula is C14H21N3. The average molecular weight is 231 g/mol. The molecule has 2 atom stereocenters. The Bertz CT molecular complexity index is 358. The summed E-state index contributed by atoms with van der Waals surface area (Å²) >= 11 is 0. The van der Waals surface area contributed by atoms with Gasteiger partial charge in [0, 0.05) is 25.5 Å². The van der Waals surface area contributed by atoms with E-state index in [9.17, 15) is 0 Å². The van der Waals surface area contributed by atoms with E-state index in [-0.39, 0.29) is 0 Å². The van der Waals surface area contributed by atoms with Crippen LogP contribution in [0.15, 0.2) is 12.4 Å². The fraction of sp³-hybridized carbons (Fsp3) is 0.786. The lowest BCUT2D eigenvalue weighted by Gasteiger charge is -2.45. The number of hydrogen-bond acceptors (Lipinski definition) is 2. The number of nitrogens with zero attached hydrogens (tertiary/aromatic N) is 2. The standard InChI is InChI=1S/C14H21N3/c1-2-11-4-3-10(1)12-7-17(8-13(11)12)9-14-15-5-6-16-14/h5-6,10-13H,1-4,7-9H2,(H,15,16)/t10-,11+,12-,13+. The molecule has 0 unspecified atom stereocenters. The quantitative estimate of drug-likeness (QED) is 0.846. The smallest absolute Gasteiger partial charge is 0.120 e. The summed E-state index contributed by atoms with van der Waals surface area (Å²) in [5, 5.41) is 0. The van der Waals surface area contributed by atoms with E-state index in [2.05, 4.69) is 14.9 Å². The Morgan fingerprint density at radius 3 is 2.29 bits per heavy atom. The van der Waals surface area contributed by atoms with E-state index in [4.69, 9.17) is 0 Å². The minimum absolute atomic E-state index is 1.01. The van der Waals surface area contributed by atoms with E-state index in [1.54, 1.807) is 0 Å². The van der Waals surface area contributed by atoms with Gasteiger partial charge in [-0.2, -0.15) is 0 Å². The molecule has 1 N–H and O–H groups in total. The molecule has 1 aromatic heterocycles. The Hall–Kier alpha value is -0.830. The van der Waals surface area contributed by atoms with Gasteiger partial charge < -0.3 is 4.98 Å². The molecule has 0 radical (unpaired) electrons. The number of aromatic nitrogens is 2. The van der Waals surface area contributed by atoms with Crippen molar-refractivity contribution in [1.82, 2.24) is 14.9 Å². The minimum Gasteiger partial charge on any atom is -0.348 e. The maximum Gasteiger partial charge on any atom is 0.120 e. The Morgan fingerprint density at radius 2 is 1.76 bits per heavy atom. The second-order valence-electron chi connectivity index (χ2n) is 6.23. The van der Waals surface area contributed by atoms with Crippen LogP contribution in [-0.4, -0.2) is 28.0 Å². The molecule has 92 valence electrons. The van der Waals surface area contributed by atoms with Crippen molar-refractivity contribution in [1.29, 1.82) is 0 Å². The van der Waals surface area contributed by atoms with Gasteiger partial charge in [0.05, 0.1) is 6.54 Å². The SMILES string of the molecule is c1c[nH]c(CN2C[C@@H]3[C@H]4CC[C@H](CC4)[C@@H]3C2)n1. The summed E-state index contributed by atoms with van der Waals surface area (Å²) in [4.78, 5) is 10.2. The zero-order valence-electron chi connectivity index (χ0n) is 10.3. The Balaban J connectivity index is 1.48. The molecule has 2 bridgehead atoms. The molecule has 3 saturated carbocycles. The first-order valence-corrected chi connectivity index (χ1v) is 7.11. The van der Waals surface area contributed by atoms with Crippen molar-refractivity contribution in [2.75, 3.05) is 13.1 Å². The predicted octanol–water partition coefficient (Wildman–Crippen LogP) is 2.28. The molecule has 0 spiro atoms. The molecule has 4 aliphatic rings. The molecule has 3 nitrogen and oxygen atoms in total. The molecule has 17 heavy (non-hydrogen) atoms. The minimum atomic E-state index is 1.01. The highest BCUT2D eigenvalue weighted by atomic mass is 15.2. The Kier molecular flexibility index (Phi) is 2.29. The van der Waals surface area contributed by atoms with Gasteiger partial charge in [0.2, 0.25) is 0 Å². The van der Waals surface area contributed by atoms with Crippen LogP contribution in [-0.2, 0) is 6.54 Å². The first-order chi connectivity index (χ1) is 8.40. The first-order valence-electron chi connectivity index (χ1n) is 7.11. The molecular weight excluding hydrogens is 210 g/mol. The number of H-pyrrole nitrogens is 1. The van der Waals surface area contributed by atoms with Crippen LogP contribution in [0.25, 0.3) is 0 Å². The number of likely N-dealkylation sites (tertiary alicyclic amines) is 1. The summed E-state index contributed by atoms with van der Waals surface area (Å²) in [5.41, 5.74) is 0. The van der Waals surface area contributed by atoms with Crippen molar-refractivity contribution < 1.29 is 0 Å². The molecule has 0 aromatic carbocycles. The molecule has 2 heterocycles. The number of fused-ring (bicyclic) bond motifs is 2. The fourth-order valence-corrected chi connectivity index (χ4v) is 4.67. The van der Waals surface area contributed by atoms with E-state index in [1.807, 2.05) is 12.4 Å². The second-order valence-corrected chi connectivity index (χ2v) is 6.23. The van der Waals surface area contributed by atoms with E-state index >= 15 is 0 Å². The lowest BCUT2D eigenvalue weighted by Crippen LogP contribution is -2.38. The summed E-state index contributed by atoms with van der Waals surface area (Å²) in [5.74, 6) is 5.25. The third-order valence-electron chi connectivity index (χ3n) is 5.44. The highest BCUT2D eigenvalue weighted by Gasteiger charge is 2.47. The van der Waals surface area contributed by atoms with Gasteiger partial charge in [-0.1, -0.05) is 0 Å². The summed E-state index contributed by atoms with van der Waals surface area (Å²) in [6.07, 6.45) is 9.85. The first kappa shape index (κ1) is 10.1. The van der Waals surface area contributed by atoms with Gasteiger partial charge in [0.1, 0.15) is 5.82 Å². The van der Waals surface area contributed by atoms with E-state index < -0.39 is 0 Å². The van der Waals surface area contributed by atoms with E-state index in [1.165, 1.54) is 38.8 Å². The lowest BCUT2D eigenvalue weighted by atomic mass is 9.60. The third kappa shape index (κ3) is 1.63. The van der Waals surface area contributed by atoms with Crippen LogP contribution in [0.3, 0.4) is 0 Å². The highest BCUT2D eigenvalue weighted by molar-refractivity contribution is 5.00. The van der Waals surface area contributed by atoms with Crippen molar-refractivity contribution in [2.24, 2.45) is 23.7 Å². The lowest BCUT2D eigenvalue weighted by molar-refractivity contribution is 0.0577. The third-order valence-corrected chi connectivity index (χ3v) is 5.44. The highest BCUT2D eigenvalue weighted by Crippen LogP contribution is 2.51. The van der Waals surface area contributed by atoms with Gasteiger partial charge in [0.25, 0.3) is 0 Å². The van der Waals surface area contributed by atoms with Crippen LogP contribution in [0, 0.1) is 23.7 Å². The second kappa shape index (κ2) is 3.84. The average Bonchev–Trinajstić information content (AvgIpc) is 3.00. The topological polar surface area (TPSA) is 31.9 Å². The van der Waals surface area contributed by atoms with E-state index in [0.717, 1.165) is 36.0 Å². The number of rotatable bonds is 2. The van der Waals surface area contributed by atoms with Gasteiger partial charge in [0.15, 0.2) is 0 Å². The number of nitrogens with one attached hydrogen (secondary N) is 1. The number of aromatic amines is 1.